The largest absolute Gasteiger partial charge is 0.205 e. The van der Waals surface area contributed by atoms with Gasteiger partial charge in [0.2, 0.25) is 0 Å². The van der Waals surface area contributed by atoms with Crippen molar-refractivity contribution in [2.75, 3.05) is 0 Å². The average Bonchev–Trinajstić information content (AvgIpc) is 3.02. The van der Waals surface area contributed by atoms with Gasteiger partial charge in [-0.15, -0.1) is 0 Å². The van der Waals surface area contributed by atoms with Crippen LogP contribution in [-0.2, 0) is 12.8 Å². The van der Waals surface area contributed by atoms with Gasteiger partial charge in [0.25, 0.3) is 0 Å². The van der Waals surface area contributed by atoms with E-state index in [0.717, 1.165) is 47.6 Å². The zero-order chi connectivity index (χ0) is 30.9. The molecule has 0 saturated heterocycles. The molecule has 0 heterocycles. The maximum absolute atomic E-state index is 13.4. The second kappa shape index (κ2) is 20.8. The molecular formula is C39H58Cl2F2. The van der Waals surface area contributed by atoms with Gasteiger partial charge in [0.05, 0.1) is 10.0 Å². The highest BCUT2D eigenvalue weighted by atomic mass is 35.5. The van der Waals surface area contributed by atoms with Crippen LogP contribution in [0.2, 0.25) is 10.0 Å². The summed E-state index contributed by atoms with van der Waals surface area (Å²) in [5, 5.41) is 0.457. The highest BCUT2D eigenvalue weighted by Crippen LogP contribution is 2.35. The molecule has 43 heavy (non-hydrogen) atoms. The maximum Gasteiger partial charge on any atom is 0.142 e. The van der Waals surface area contributed by atoms with Crippen molar-refractivity contribution in [1.82, 2.24) is 0 Å². The van der Waals surface area contributed by atoms with Crippen LogP contribution in [0.3, 0.4) is 0 Å². The molecule has 0 nitrogen and oxygen atoms in total. The third-order valence-corrected chi connectivity index (χ3v) is 10.9. The van der Waals surface area contributed by atoms with Gasteiger partial charge in [-0.2, -0.15) is 0 Å². The van der Waals surface area contributed by atoms with Crippen LogP contribution >= 0.6 is 23.2 Å². The molecule has 0 atom stereocenters. The van der Waals surface area contributed by atoms with E-state index in [1.165, 1.54) is 122 Å². The summed E-state index contributed by atoms with van der Waals surface area (Å²) in [6.45, 7) is 4.55. The minimum absolute atomic E-state index is 0.228. The van der Waals surface area contributed by atoms with E-state index in [9.17, 15) is 8.78 Å². The minimum Gasteiger partial charge on any atom is -0.205 e. The first-order valence-corrected chi connectivity index (χ1v) is 18.5. The molecule has 2 fully saturated rings. The molecule has 4 rings (SSSR count). The standard InChI is InChI=1S/C20H30ClF.C19H28ClF/c1-2-3-4-5-6-16-7-9-17(10-8-16)11-12-18-13-14-19(21)20(22)15-18;1-2-3-4-5-15-6-8-16(9-7-15)10-11-17-12-13-18(20)19(21)14-17/h13-17H,2-12H2,1H3;12-16H,2-11H2,1H3. The number of hydrogen-bond acceptors (Lipinski definition) is 0. The van der Waals surface area contributed by atoms with Crippen molar-refractivity contribution in [2.45, 2.75) is 149 Å². The molecule has 0 radical (unpaired) electrons. The first-order valence-electron chi connectivity index (χ1n) is 17.8. The lowest BCUT2D eigenvalue weighted by atomic mass is 9.78. The summed E-state index contributed by atoms with van der Waals surface area (Å²) in [6, 6.07) is 10.5. The Morgan fingerprint density at radius 3 is 1.23 bits per heavy atom. The van der Waals surface area contributed by atoms with Gasteiger partial charge in [-0.25, -0.2) is 8.78 Å². The summed E-state index contributed by atoms with van der Waals surface area (Å²) < 4.78 is 26.8. The molecule has 0 N–H and O–H groups in total. The van der Waals surface area contributed by atoms with Crippen LogP contribution in [0.1, 0.15) is 147 Å². The third-order valence-electron chi connectivity index (χ3n) is 10.3. The molecule has 2 aliphatic carbocycles. The maximum atomic E-state index is 13.4. The van der Waals surface area contributed by atoms with E-state index in [0.29, 0.717) is 0 Å². The molecule has 4 heteroatoms. The molecule has 0 unspecified atom stereocenters. The van der Waals surface area contributed by atoms with Gasteiger partial charge in [0.15, 0.2) is 0 Å². The summed E-state index contributed by atoms with van der Waals surface area (Å²) in [4.78, 5) is 0. The van der Waals surface area contributed by atoms with E-state index in [1.54, 1.807) is 24.3 Å². The molecule has 242 valence electrons. The fourth-order valence-electron chi connectivity index (χ4n) is 7.29. The lowest BCUT2D eigenvalue weighted by Crippen LogP contribution is -2.15. The van der Waals surface area contributed by atoms with Gasteiger partial charge >= 0.3 is 0 Å². The van der Waals surface area contributed by atoms with Crippen molar-refractivity contribution in [1.29, 1.82) is 0 Å². The Labute approximate surface area is 272 Å². The quantitative estimate of drug-likeness (QED) is 0.171. The molecule has 0 aliphatic heterocycles. The van der Waals surface area contributed by atoms with Crippen LogP contribution in [0.25, 0.3) is 0 Å². The van der Waals surface area contributed by atoms with Crippen LogP contribution < -0.4 is 0 Å². The molecule has 0 spiro atoms. The predicted octanol–water partition coefficient (Wildman–Crippen LogP) is 14.0. The molecule has 0 amide bonds. The Hall–Kier alpha value is -1.12. The third kappa shape index (κ3) is 14.2. The Bertz CT molecular complexity index is 1020. The van der Waals surface area contributed by atoms with Crippen molar-refractivity contribution in [3.63, 3.8) is 0 Å². The van der Waals surface area contributed by atoms with Crippen molar-refractivity contribution in [3.05, 3.63) is 69.2 Å². The highest BCUT2D eigenvalue weighted by Gasteiger charge is 2.22. The van der Waals surface area contributed by atoms with Crippen LogP contribution in [0, 0.1) is 35.3 Å². The number of aryl methyl sites for hydroxylation is 2. The van der Waals surface area contributed by atoms with E-state index < -0.39 is 0 Å². The summed E-state index contributed by atoms with van der Waals surface area (Å²) in [6.07, 6.45) is 28.0. The first-order chi connectivity index (χ1) is 20.9. The highest BCUT2D eigenvalue weighted by molar-refractivity contribution is 6.31. The van der Waals surface area contributed by atoms with E-state index >= 15 is 0 Å². The van der Waals surface area contributed by atoms with Gasteiger partial charge in [0.1, 0.15) is 11.6 Å². The fraction of sp³-hybridized carbons (Fsp3) is 0.692. The number of benzene rings is 2. The Morgan fingerprint density at radius 1 is 0.512 bits per heavy atom. The molecule has 0 bridgehead atoms. The van der Waals surface area contributed by atoms with E-state index in [-0.39, 0.29) is 21.7 Å². The molecule has 2 aromatic carbocycles. The second-order valence-electron chi connectivity index (χ2n) is 13.7. The van der Waals surface area contributed by atoms with Crippen molar-refractivity contribution in [2.24, 2.45) is 23.7 Å². The number of halogens is 4. The Balaban J connectivity index is 0.000000236. The number of hydrogen-bond donors (Lipinski definition) is 0. The fourth-order valence-corrected chi connectivity index (χ4v) is 7.53. The van der Waals surface area contributed by atoms with Gasteiger partial charge < -0.3 is 0 Å². The van der Waals surface area contributed by atoms with E-state index in [2.05, 4.69) is 13.8 Å². The lowest BCUT2D eigenvalue weighted by molar-refractivity contribution is 0.249. The van der Waals surface area contributed by atoms with Crippen LogP contribution in [0.5, 0.6) is 0 Å². The van der Waals surface area contributed by atoms with Gasteiger partial charge in [0, 0.05) is 0 Å². The average molecular weight is 636 g/mol. The van der Waals surface area contributed by atoms with Gasteiger partial charge in [-0.3, -0.25) is 0 Å². The number of rotatable bonds is 15. The summed E-state index contributed by atoms with van der Waals surface area (Å²) >= 11 is 11.5. The topological polar surface area (TPSA) is 0 Å². The SMILES string of the molecule is CCCCCC1CCC(CCc2ccc(Cl)c(F)c2)CC1.CCCCCCC1CCC(CCc2ccc(Cl)c(F)c2)CC1. The zero-order valence-electron chi connectivity index (χ0n) is 27.1. The van der Waals surface area contributed by atoms with Crippen molar-refractivity contribution in [3.8, 4) is 0 Å². The molecular weight excluding hydrogens is 577 g/mol. The summed E-state index contributed by atoms with van der Waals surface area (Å²) in [5.41, 5.74) is 2.17. The van der Waals surface area contributed by atoms with Crippen LogP contribution in [0.4, 0.5) is 8.78 Å². The minimum atomic E-state index is -0.284. The molecule has 2 saturated carbocycles. The number of unbranched alkanes of at least 4 members (excludes halogenated alkanes) is 5. The Kier molecular flexibility index (Phi) is 17.6. The van der Waals surface area contributed by atoms with Crippen LogP contribution in [-0.4, -0.2) is 0 Å². The molecule has 2 aromatic rings. The van der Waals surface area contributed by atoms with Gasteiger partial charge in [-0.05, 0) is 84.7 Å². The summed E-state index contributed by atoms with van der Waals surface area (Å²) in [7, 11) is 0. The smallest absolute Gasteiger partial charge is 0.142 e. The van der Waals surface area contributed by atoms with Crippen LogP contribution in [0.15, 0.2) is 36.4 Å². The van der Waals surface area contributed by atoms with E-state index in [1.807, 2.05) is 12.1 Å². The van der Waals surface area contributed by atoms with E-state index in [4.69, 9.17) is 23.2 Å². The molecule has 2 aliphatic rings. The van der Waals surface area contributed by atoms with Crippen molar-refractivity contribution >= 4 is 23.2 Å². The first kappa shape index (κ1) is 36.3. The predicted molar refractivity (Wildman–Crippen MR) is 183 cm³/mol. The van der Waals surface area contributed by atoms with Crippen molar-refractivity contribution < 1.29 is 8.78 Å². The normalized spacial score (nSPS) is 22.2. The molecule has 0 aromatic heterocycles. The van der Waals surface area contributed by atoms with Gasteiger partial charge in [-0.1, -0.05) is 158 Å². The Morgan fingerprint density at radius 2 is 0.860 bits per heavy atom. The zero-order valence-corrected chi connectivity index (χ0v) is 28.6. The monoisotopic (exact) mass is 634 g/mol. The summed E-state index contributed by atoms with van der Waals surface area (Å²) in [5.74, 6) is 3.06. The second-order valence-corrected chi connectivity index (χ2v) is 14.5. The lowest BCUT2D eigenvalue weighted by Gasteiger charge is -2.28.